The van der Waals surface area contributed by atoms with Gasteiger partial charge in [-0.2, -0.15) is 15.1 Å². The second kappa shape index (κ2) is 9.00. The smallest absolute Gasteiger partial charge is 0.320 e. The average molecular weight is 483 g/mol. The van der Waals surface area contributed by atoms with Gasteiger partial charge in [-0.1, -0.05) is 0 Å². The number of aromatic nitrogens is 4. The highest BCUT2D eigenvalue weighted by molar-refractivity contribution is 5.82. The maximum atomic E-state index is 14.0. The van der Waals surface area contributed by atoms with E-state index in [9.17, 15) is 9.50 Å². The van der Waals surface area contributed by atoms with Gasteiger partial charge in [0.15, 0.2) is 5.82 Å². The molecule has 2 aromatic heterocycles. The van der Waals surface area contributed by atoms with E-state index in [-0.39, 0.29) is 19.1 Å². The van der Waals surface area contributed by atoms with Gasteiger partial charge in [-0.3, -0.25) is 4.90 Å². The maximum Gasteiger partial charge on any atom is 0.320 e. The molecule has 0 radical (unpaired) electrons. The lowest BCUT2D eigenvalue weighted by atomic mass is 9.85. The van der Waals surface area contributed by atoms with Gasteiger partial charge in [0, 0.05) is 18.0 Å². The van der Waals surface area contributed by atoms with Crippen LogP contribution in [-0.4, -0.2) is 94.6 Å². The van der Waals surface area contributed by atoms with Crippen molar-refractivity contribution >= 4 is 16.7 Å². The van der Waals surface area contributed by atoms with Gasteiger partial charge < -0.3 is 19.5 Å². The number of halogens is 1. The van der Waals surface area contributed by atoms with E-state index in [1.54, 1.807) is 15.6 Å². The molecule has 1 aromatic carbocycles. The highest BCUT2D eigenvalue weighted by Crippen LogP contribution is 2.35. The number of aryl methyl sites for hydroxylation is 1. The number of aliphatic hydroxyl groups is 1. The third-order valence-corrected chi connectivity index (χ3v) is 7.68. The summed E-state index contributed by atoms with van der Waals surface area (Å²) in [6.45, 7) is 6.35. The van der Waals surface area contributed by atoms with Crippen molar-refractivity contribution in [1.29, 1.82) is 0 Å². The lowest BCUT2D eigenvalue weighted by Gasteiger charge is -2.41. The fourth-order valence-corrected chi connectivity index (χ4v) is 5.53. The van der Waals surface area contributed by atoms with Crippen LogP contribution in [0.3, 0.4) is 0 Å². The number of aliphatic hydroxyl groups excluding tert-OH is 1. The minimum absolute atomic E-state index is 0.0790. The predicted octanol–water partition coefficient (Wildman–Crippen LogP) is 2.23. The summed E-state index contributed by atoms with van der Waals surface area (Å²) in [4.78, 5) is 13.2. The molecule has 186 valence electrons. The first-order chi connectivity index (χ1) is 17.0. The van der Waals surface area contributed by atoms with E-state index in [1.807, 2.05) is 6.20 Å². The number of β-amino-alcohol motifs (C(OH)–C–C–N with tert-alkyl or cyclic N) is 1. The minimum Gasteiger partial charge on any atom is -0.467 e. The SMILES string of the molecule is COc1nc(N2C[C@H](O)[C@@H](F)C2)cc(-n2ncc3cc(C)c(C4CCN(C5COC5)CC4)cc32)n1. The first-order valence-electron chi connectivity index (χ1n) is 12.3. The predicted molar refractivity (Wildman–Crippen MR) is 129 cm³/mol. The van der Waals surface area contributed by atoms with Crippen molar-refractivity contribution in [2.75, 3.05) is 51.4 Å². The van der Waals surface area contributed by atoms with Crippen LogP contribution in [0.2, 0.25) is 0 Å². The van der Waals surface area contributed by atoms with Gasteiger partial charge in [0.2, 0.25) is 0 Å². The zero-order valence-electron chi connectivity index (χ0n) is 20.1. The number of piperidine rings is 1. The Morgan fingerprint density at radius 1 is 1.09 bits per heavy atom. The van der Waals surface area contributed by atoms with Crippen LogP contribution in [0.4, 0.5) is 10.2 Å². The van der Waals surface area contributed by atoms with Gasteiger partial charge in [-0.15, -0.1) is 0 Å². The summed E-state index contributed by atoms with van der Waals surface area (Å²) >= 11 is 0. The molecule has 5 heterocycles. The number of likely N-dealkylation sites (tertiary alicyclic amines) is 1. The molecular weight excluding hydrogens is 451 g/mol. The van der Waals surface area contributed by atoms with E-state index < -0.39 is 12.3 Å². The molecule has 35 heavy (non-hydrogen) atoms. The first-order valence-corrected chi connectivity index (χ1v) is 12.3. The second-order valence-corrected chi connectivity index (χ2v) is 9.88. The summed E-state index contributed by atoms with van der Waals surface area (Å²) < 4.78 is 26.5. The van der Waals surface area contributed by atoms with Crippen molar-refractivity contribution < 1.29 is 19.0 Å². The third kappa shape index (κ3) is 4.13. The molecule has 0 bridgehead atoms. The highest BCUT2D eigenvalue weighted by Gasteiger charge is 2.33. The Labute approximate surface area is 203 Å². The molecule has 1 N–H and O–H groups in total. The molecular formula is C25H31FN6O3. The number of alkyl halides is 1. The third-order valence-electron chi connectivity index (χ3n) is 7.68. The molecule has 3 aliphatic heterocycles. The van der Waals surface area contributed by atoms with Crippen molar-refractivity contribution in [3.8, 4) is 11.8 Å². The zero-order valence-corrected chi connectivity index (χ0v) is 20.1. The van der Waals surface area contributed by atoms with Crippen LogP contribution in [0.15, 0.2) is 24.4 Å². The summed E-state index contributed by atoms with van der Waals surface area (Å²) in [5.74, 6) is 1.56. The summed E-state index contributed by atoms with van der Waals surface area (Å²) in [5, 5.41) is 15.5. The number of nitrogens with zero attached hydrogens (tertiary/aromatic N) is 6. The fourth-order valence-electron chi connectivity index (χ4n) is 5.53. The highest BCUT2D eigenvalue weighted by atomic mass is 19.1. The van der Waals surface area contributed by atoms with Crippen LogP contribution in [0.25, 0.3) is 16.7 Å². The van der Waals surface area contributed by atoms with Gasteiger partial charge in [0.05, 0.1) is 44.6 Å². The normalized spacial score (nSPS) is 24.3. The number of ether oxygens (including phenoxy) is 2. The van der Waals surface area contributed by atoms with Crippen LogP contribution in [0.1, 0.15) is 29.9 Å². The Morgan fingerprint density at radius 2 is 1.86 bits per heavy atom. The van der Waals surface area contributed by atoms with Crippen LogP contribution >= 0.6 is 0 Å². The quantitative estimate of drug-likeness (QED) is 0.592. The lowest BCUT2D eigenvalue weighted by Crippen LogP contribution is -2.51. The Morgan fingerprint density at radius 3 is 2.51 bits per heavy atom. The molecule has 6 rings (SSSR count). The van der Waals surface area contributed by atoms with E-state index in [2.05, 4.69) is 39.0 Å². The zero-order chi connectivity index (χ0) is 24.1. The Hall–Kier alpha value is -2.82. The summed E-state index contributed by atoms with van der Waals surface area (Å²) in [6.07, 6.45) is 1.77. The van der Waals surface area contributed by atoms with E-state index in [0.717, 1.165) is 50.0 Å². The van der Waals surface area contributed by atoms with Gasteiger partial charge in [0.1, 0.15) is 18.1 Å². The Kier molecular flexibility index (Phi) is 5.82. The average Bonchev–Trinajstić information content (AvgIpc) is 3.40. The maximum absolute atomic E-state index is 14.0. The van der Waals surface area contributed by atoms with Gasteiger partial charge >= 0.3 is 6.01 Å². The molecule has 2 atom stereocenters. The van der Waals surface area contributed by atoms with Crippen molar-refractivity contribution in [2.45, 2.75) is 44.0 Å². The standard InChI is InChI=1S/C25H31FN6O3/c1-15-7-17-10-27-32(21(17)8-19(15)16-3-5-30(6-4-16)18-13-35-14-18)24-9-23(28-25(29-24)34-2)31-11-20(26)22(33)12-31/h7-10,16,18,20,22,33H,3-6,11-14H2,1-2H3/t20-,22-/m0/s1. The Bertz CT molecular complexity index is 1210. The van der Waals surface area contributed by atoms with Crippen LogP contribution < -0.4 is 9.64 Å². The number of rotatable bonds is 5. The summed E-state index contributed by atoms with van der Waals surface area (Å²) in [6, 6.07) is 6.99. The molecule has 0 unspecified atom stereocenters. The Balaban J connectivity index is 1.32. The van der Waals surface area contributed by atoms with E-state index in [4.69, 9.17) is 9.47 Å². The van der Waals surface area contributed by atoms with Crippen LogP contribution in [0, 0.1) is 6.92 Å². The van der Waals surface area contributed by atoms with Crippen molar-refractivity contribution in [3.05, 3.63) is 35.5 Å². The van der Waals surface area contributed by atoms with Gasteiger partial charge in [0.25, 0.3) is 0 Å². The topological polar surface area (TPSA) is 88.8 Å². The van der Waals surface area contributed by atoms with Crippen molar-refractivity contribution in [1.82, 2.24) is 24.6 Å². The first kappa shape index (κ1) is 22.6. The number of hydrogen-bond acceptors (Lipinski definition) is 8. The molecule has 0 amide bonds. The molecule has 9 nitrogen and oxygen atoms in total. The van der Waals surface area contributed by atoms with E-state index >= 15 is 0 Å². The number of fused-ring (bicyclic) bond motifs is 1. The lowest BCUT2D eigenvalue weighted by molar-refractivity contribution is -0.0712. The number of hydrogen-bond donors (Lipinski definition) is 1. The fraction of sp³-hybridized carbons (Fsp3) is 0.560. The van der Waals surface area contributed by atoms with Gasteiger partial charge in [-0.05, 0) is 62.0 Å². The van der Waals surface area contributed by atoms with E-state index in [0.29, 0.717) is 23.6 Å². The van der Waals surface area contributed by atoms with E-state index in [1.165, 1.54) is 18.2 Å². The summed E-state index contributed by atoms with van der Waals surface area (Å²) in [5.41, 5.74) is 3.60. The molecule has 3 aliphatic rings. The molecule has 3 fully saturated rings. The molecule has 0 aliphatic carbocycles. The second-order valence-electron chi connectivity index (χ2n) is 9.88. The molecule has 10 heteroatoms. The number of benzene rings is 1. The molecule has 3 aromatic rings. The van der Waals surface area contributed by atoms with Crippen molar-refractivity contribution in [2.24, 2.45) is 0 Å². The number of methoxy groups -OCH3 is 1. The number of anilines is 1. The summed E-state index contributed by atoms with van der Waals surface area (Å²) in [7, 11) is 1.50. The van der Waals surface area contributed by atoms with Crippen LogP contribution in [0.5, 0.6) is 6.01 Å². The minimum atomic E-state index is -1.31. The monoisotopic (exact) mass is 482 g/mol. The molecule has 0 saturated carbocycles. The molecule has 0 spiro atoms. The van der Waals surface area contributed by atoms with Crippen LogP contribution in [-0.2, 0) is 4.74 Å². The van der Waals surface area contributed by atoms with Gasteiger partial charge in [-0.25, -0.2) is 9.07 Å². The largest absolute Gasteiger partial charge is 0.467 e. The van der Waals surface area contributed by atoms with Crippen molar-refractivity contribution in [3.63, 3.8) is 0 Å². The molecule has 3 saturated heterocycles.